The maximum absolute atomic E-state index is 10.6. The number of aromatic nitrogens is 1. The third-order valence-corrected chi connectivity index (χ3v) is 3.25. The van der Waals surface area contributed by atoms with Crippen molar-refractivity contribution < 1.29 is 15.0 Å². The average molecular weight is 317 g/mol. The van der Waals surface area contributed by atoms with Crippen molar-refractivity contribution >= 4 is 24.0 Å². The van der Waals surface area contributed by atoms with Crippen molar-refractivity contribution in [2.45, 2.75) is 33.7 Å². The highest BCUT2D eigenvalue weighted by atomic mass is 16.4. The van der Waals surface area contributed by atoms with Crippen LogP contribution >= 0.6 is 0 Å². The van der Waals surface area contributed by atoms with Gasteiger partial charge in [0.15, 0.2) is 5.75 Å². The minimum Gasteiger partial charge on any atom is -0.505 e. The second-order valence-corrected chi connectivity index (χ2v) is 4.93. The Balaban J connectivity index is 3.19. The first-order chi connectivity index (χ1) is 10.9. The van der Waals surface area contributed by atoms with Crippen LogP contribution < -0.4 is 5.32 Å². The molecule has 124 valence electrons. The van der Waals surface area contributed by atoms with Crippen LogP contribution in [-0.4, -0.2) is 33.9 Å². The van der Waals surface area contributed by atoms with Crippen molar-refractivity contribution in [3.05, 3.63) is 35.2 Å². The predicted octanol–water partition coefficient (Wildman–Crippen LogP) is 2.75. The number of nitrogens with one attached hydrogen (secondary N) is 1. The van der Waals surface area contributed by atoms with E-state index < -0.39 is 5.97 Å². The van der Waals surface area contributed by atoms with Crippen molar-refractivity contribution in [2.24, 2.45) is 4.99 Å². The molecule has 0 radical (unpaired) electrons. The van der Waals surface area contributed by atoms with E-state index in [9.17, 15) is 9.90 Å². The molecule has 0 atom stereocenters. The summed E-state index contributed by atoms with van der Waals surface area (Å²) < 4.78 is 0. The minimum atomic E-state index is -0.902. The van der Waals surface area contributed by atoms with Crippen LogP contribution in [-0.2, 0) is 11.3 Å². The number of hydrogen-bond donors (Lipinski definition) is 3. The van der Waals surface area contributed by atoms with Gasteiger partial charge in [-0.05, 0) is 27.0 Å². The summed E-state index contributed by atoms with van der Waals surface area (Å²) >= 11 is 0. The van der Waals surface area contributed by atoms with E-state index in [0.717, 1.165) is 11.3 Å². The molecule has 0 saturated heterocycles. The largest absolute Gasteiger partial charge is 0.505 e. The molecule has 0 aliphatic heterocycles. The van der Waals surface area contributed by atoms with Crippen LogP contribution in [0.15, 0.2) is 17.6 Å². The van der Waals surface area contributed by atoms with Crippen LogP contribution in [0.2, 0.25) is 0 Å². The molecule has 3 N–H and O–H groups in total. The van der Waals surface area contributed by atoms with E-state index in [1.807, 2.05) is 26.8 Å². The molecule has 1 aromatic heterocycles. The van der Waals surface area contributed by atoms with Gasteiger partial charge in [0.25, 0.3) is 0 Å². The smallest absolute Gasteiger partial charge is 0.305 e. The number of carboxylic acids is 1. The molecule has 0 spiro atoms. The van der Waals surface area contributed by atoms with E-state index >= 15 is 0 Å². The molecule has 0 aromatic carbocycles. The van der Waals surface area contributed by atoms with E-state index in [2.05, 4.69) is 21.9 Å². The zero-order valence-electron chi connectivity index (χ0n) is 13.8. The molecule has 1 aromatic rings. The number of rotatable bonds is 8. The summed E-state index contributed by atoms with van der Waals surface area (Å²) in [6.07, 6.45) is 5.30. The lowest BCUT2D eigenvalue weighted by atomic mass is 10.0. The molecule has 6 nitrogen and oxygen atoms in total. The van der Waals surface area contributed by atoms with Crippen molar-refractivity contribution in [3.63, 3.8) is 0 Å². The van der Waals surface area contributed by atoms with Crippen LogP contribution in [0.25, 0.3) is 11.8 Å². The summed E-state index contributed by atoms with van der Waals surface area (Å²) in [5.74, 6) is -0.885. The highest BCUT2D eigenvalue weighted by Crippen LogP contribution is 2.31. The van der Waals surface area contributed by atoms with E-state index in [1.165, 1.54) is 0 Å². The van der Waals surface area contributed by atoms with Crippen LogP contribution in [0.4, 0.5) is 0 Å². The monoisotopic (exact) mass is 317 g/mol. The maximum Gasteiger partial charge on any atom is 0.305 e. The van der Waals surface area contributed by atoms with Crippen LogP contribution in [0.5, 0.6) is 5.75 Å². The first-order valence-corrected chi connectivity index (χ1v) is 7.36. The maximum atomic E-state index is 10.6. The Kier molecular flexibility index (Phi) is 6.99. The van der Waals surface area contributed by atoms with Crippen molar-refractivity contribution in [1.82, 2.24) is 10.3 Å². The van der Waals surface area contributed by atoms with Crippen molar-refractivity contribution in [3.8, 4) is 5.75 Å². The van der Waals surface area contributed by atoms with Gasteiger partial charge in [-0.3, -0.25) is 9.79 Å². The van der Waals surface area contributed by atoms with Gasteiger partial charge in [-0.15, -0.1) is 0 Å². The van der Waals surface area contributed by atoms with Gasteiger partial charge in [-0.25, -0.2) is 4.98 Å². The molecule has 1 rings (SSSR count). The highest BCUT2D eigenvalue weighted by molar-refractivity contribution is 5.73. The second-order valence-electron chi connectivity index (χ2n) is 4.93. The standard InChI is InChI=1S/C17H23N3O3/c1-5-7-13-14(10-18-6-2)11(3)20-16(17(13)23)12(4)19-9-8-15(21)22/h5-7,19,23H,4,8-10H2,1-3H3,(H,21,22)/b7-5-,18-6+. The second kappa shape index (κ2) is 8.73. The van der Waals surface area contributed by atoms with Crippen LogP contribution in [0, 0.1) is 6.92 Å². The number of aliphatic imine (C=N–C) groups is 1. The normalized spacial score (nSPS) is 11.3. The van der Waals surface area contributed by atoms with E-state index in [0.29, 0.717) is 23.5 Å². The molecule has 0 amide bonds. The summed E-state index contributed by atoms with van der Waals surface area (Å²) in [6, 6.07) is 0. The van der Waals surface area contributed by atoms with E-state index in [-0.39, 0.29) is 18.7 Å². The topological polar surface area (TPSA) is 94.8 Å². The number of aromatic hydroxyl groups is 1. The van der Waals surface area contributed by atoms with Crippen LogP contribution in [0.3, 0.4) is 0 Å². The Morgan fingerprint density at radius 3 is 2.70 bits per heavy atom. The number of aryl methyl sites for hydroxylation is 1. The third kappa shape index (κ3) is 4.95. The van der Waals surface area contributed by atoms with Gasteiger partial charge >= 0.3 is 5.97 Å². The van der Waals surface area contributed by atoms with Crippen molar-refractivity contribution in [2.75, 3.05) is 6.54 Å². The number of allylic oxidation sites excluding steroid dienone is 1. The first kappa shape index (κ1) is 18.4. The number of nitrogens with zero attached hydrogens (tertiary/aromatic N) is 2. The number of aliphatic carboxylic acids is 1. The molecule has 0 unspecified atom stereocenters. The molecule has 1 heterocycles. The molecule has 6 heteroatoms. The highest BCUT2D eigenvalue weighted by Gasteiger charge is 2.17. The number of carbonyl (C=O) groups is 1. The van der Waals surface area contributed by atoms with Crippen molar-refractivity contribution in [1.29, 1.82) is 0 Å². The summed E-state index contributed by atoms with van der Waals surface area (Å²) in [4.78, 5) is 19.2. The fraction of sp³-hybridized carbons (Fsp3) is 0.353. The van der Waals surface area contributed by atoms with E-state index in [4.69, 9.17) is 5.11 Å². The van der Waals surface area contributed by atoms with Gasteiger partial charge in [0.05, 0.1) is 18.7 Å². The summed E-state index contributed by atoms with van der Waals surface area (Å²) in [5.41, 5.74) is 2.97. The predicted molar refractivity (Wildman–Crippen MR) is 92.5 cm³/mol. The molecular formula is C17H23N3O3. The Morgan fingerprint density at radius 2 is 2.13 bits per heavy atom. The molecular weight excluding hydrogens is 294 g/mol. The zero-order chi connectivity index (χ0) is 17.4. The summed E-state index contributed by atoms with van der Waals surface area (Å²) in [5, 5.41) is 22.1. The van der Waals surface area contributed by atoms with Gasteiger partial charge in [-0.1, -0.05) is 18.7 Å². The van der Waals surface area contributed by atoms with Crippen LogP contribution in [0.1, 0.15) is 42.8 Å². The quantitative estimate of drug-likeness (QED) is 0.641. The zero-order valence-corrected chi connectivity index (χ0v) is 13.8. The number of carboxylic acid groups (broad SMARTS) is 1. The molecule has 0 aliphatic rings. The molecule has 23 heavy (non-hydrogen) atoms. The summed E-state index contributed by atoms with van der Waals surface area (Å²) in [7, 11) is 0. The van der Waals surface area contributed by atoms with Gasteiger partial charge < -0.3 is 15.5 Å². The summed E-state index contributed by atoms with van der Waals surface area (Å²) in [6.45, 7) is 10.0. The Bertz CT molecular complexity index is 649. The fourth-order valence-electron chi connectivity index (χ4n) is 2.10. The van der Waals surface area contributed by atoms with Gasteiger partial charge in [-0.2, -0.15) is 0 Å². The SMILES string of the molecule is C=C(NCCC(=O)O)c1nc(C)c(C/N=C/C)c(/C=C\C)c1O. The lowest BCUT2D eigenvalue weighted by Crippen LogP contribution is -2.17. The molecule has 0 saturated carbocycles. The Hall–Kier alpha value is -2.63. The fourth-order valence-corrected chi connectivity index (χ4v) is 2.10. The lowest BCUT2D eigenvalue weighted by Gasteiger charge is -2.16. The molecule has 0 bridgehead atoms. The lowest BCUT2D eigenvalue weighted by molar-refractivity contribution is -0.136. The molecule has 0 aliphatic carbocycles. The van der Waals surface area contributed by atoms with E-state index in [1.54, 1.807) is 12.3 Å². The van der Waals surface area contributed by atoms with Gasteiger partial charge in [0.2, 0.25) is 0 Å². The molecule has 0 fully saturated rings. The minimum absolute atomic E-state index is 0.0165. The Labute approximate surface area is 136 Å². The van der Waals surface area contributed by atoms with Gasteiger partial charge in [0.1, 0.15) is 5.69 Å². The first-order valence-electron chi connectivity index (χ1n) is 7.36. The number of pyridine rings is 1. The van der Waals surface area contributed by atoms with Gasteiger partial charge in [0, 0.05) is 23.4 Å². The average Bonchev–Trinajstić information content (AvgIpc) is 2.49. The number of hydrogen-bond acceptors (Lipinski definition) is 5. The third-order valence-electron chi connectivity index (χ3n) is 3.25. The Morgan fingerprint density at radius 1 is 1.43 bits per heavy atom.